The minimum absolute atomic E-state index is 0.0203. The highest BCUT2D eigenvalue weighted by Crippen LogP contribution is 2.36. The summed E-state index contributed by atoms with van der Waals surface area (Å²) in [6.45, 7) is 2.03. The first kappa shape index (κ1) is 20.8. The number of amides is 1. The van der Waals surface area contributed by atoms with Crippen LogP contribution >= 0.6 is 22.9 Å². The Balaban J connectivity index is 1.36. The van der Waals surface area contributed by atoms with E-state index in [1.54, 1.807) is 27.8 Å². The van der Waals surface area contributed by atoms with Gasteiger partial charge in [-0.1, -0.05) is 35.1 Å². The largest absolute Gasteiger partial charge is 0.503 e. The molecule has 33 heavy (non-hydrogen) atoms. The van der Waals surface area contributed by atoms with E-state index in [2.05, 4.69) is 15.1 Å². The molecule has 3 aliphatic heterocycles. The van der Waals surface area contributed by atoms with Crippen LogP contribution in [0.15, 0.2) is 29.2 Å². The third-order valence-corrected chi connectivity index (χ3v) is 7.97. The van der Waals surface area contributed by atoms with E-state index in [-0.39, 0.29) is 34.8 Å². The Morgan fingerprint density at radius 1 is 1.24 bits per heavy atom. The number of carbonyl (C=O) groups is 1. The molecular formula is C22H19ClFN5O3S. The van der Waals surface area contributed by atoms with Gasteiger partial charge in [0.1, 0.15) is 17.0 Å². The molecule has 2 fully saturated rings. The van der Waals surface area contributed by atoms with Crippen molar-refractivity contribution in [3.8, 4) is 16.3 Å². The second-order valence-electron chi connectivity index (χ2n) is 8.58. The molecule has 0 bridgehead atoms. The van der Waals surface area contributed by atoms with E-state index < -0.39 is 17.0 Å². The van der Waals surface area contributed by atoms with Crippen molar-refractivity contribution in [2.75, 3.05) is 13.1 Å². The zero-order valence-electron chi connectivity index (χ0n) is 17.4. The van der Waals surface area contributed by atoms with Gasteiger partial charge in [0, 0.05) is 31.7 Å². The van der Waals surface area contributed by atoms with Gasteiger partial charge in [-0.3, -0.25) is 14.5 Å². The maximum absolute atomic E-state index is 14.3. The molecule has 1 aromatic carbocycles. The Hall–Kier alpha value is -2.82. The standard InChI is InChI=1S/C22H19ClFN5O3S/c23-14-5-1-3-11(17(14)24)7-15-25-26-21(33-15)13-9-27-10-16-28-6-2-4-12(28)8-29(16)22(32)18(27)20(31)19(13)30/h1,3,5,9,12,16,31H,2,4,6-8,10H2/t12-,16+/m1/s1. The number of fused-ring (bicyclic) bond motifs is 4. The summed E-state index contributed by atoms with van der Waals surface area (Å²) in [4.78, 5) is 30.2. The first-order valence-corrected chi connectivity index (χ1v) is 11.9. The lowest BCUT2D eigenvalue weighted by molar-refractivity contribution is 0.0515. The molecule has 0 radical (unpaired) electrons. The van der Waals surface area contributed by atoms with Crippen LogP contribution in [0.25, 0.3) is 10.6 Å². The highest BCUT2D eigenvalue weighted by molar-refractivity contribution is 7.14. The smallest absolute Gasteiger partial charge is 0.275 e. The van der Waals surface area contributed by atoms with Crippen LogP contribution in [0.2, 0.25) is 5.02 Å². The minimum Gasteiger partial charge on any atom is -0.503 e. The Labute approximate surface area is 196 Å². The summed E-state index contributed by atoms with van der Waals surface area (Å²) in [5.74, 6) is -1.40. The molecule has 0 unspecified atom stereocenters. The van der Waals surface area contributed by atoms with E-state index in [1.165, 1.54) is 6.07 Å². The molecule has 11 heteroatoms. The predicted molar refractivity (Wildman–Crippen MR) is 120 cm³/mol. The lowest BCUT2D eigenvalue weighted by atomic mass is 10.1. The number of hydrogen-bond donors (Lipinski definition) is 1. The fraction of sp³-hybridized carbons (Fsp3) is 0.364. The number of pyridine rings is 1. The third kappa shape index (κ3) is 3.19. The van der Waals surface area contributed by atoms with Gasteiger partial charge in [-0.25, -0.2) is 4.39 Å². The van der Waals surface area contributed by atoms with Crippen molar-refractivity contribution in [3.63, 3.8) is 0 Å². The Kier molecular flexibility index (Phi) is 4.79. The molecule has 170 valence electrons. The van der Waals surface area contributed by atoms with E-state index in [0.717, 1.165) is 30.7 Å². The van der Waals surface area contributed by atoms with Gasteiger partial charge in [0.25, 0.3) is 5.91 Å². The SMILES string of the molecule is O=C1c2c(O)c(=O)c(-c3nnc(Cc4cccc(Cl)c4F)s3)cn2C[C@@H]2N1C[C@H]1CCCN12. The number of hydrogen-bond acceptors (Lipinski definition) is 7. The van der Waals surface area contributed by atoms with Gasteiger partial charge in [-0.05, 0) is 24.5 Å². The molecule has 0 saturated carbocycles. The Morgan fingerprint density at radius 3 is 2.94 bits per heavy atom. The van der Waals surface area contributed by atoms with Gasteiger partial charge in [0.05, 0.1) is 17.1 Å². The van der Waals surface area contributed by atoms with Crippen molar-refractivity contribution >= 4 is 28.8 Å². The van der Waals surface area contributed by atoms with Crippen molar-refractivity contribution in [3.05, 3.63) is 61.7 Å². The van der Waals surface area contributed by atoms with Crippen LogP contribution in [-0.2, 0) is 13.0 Å². The zero-order chi connectivity index (χ0) is 22.9. The van der Waals surface area contributed by atoms with Gasteiger partial charge in [-0.15, -0.1) is 10.2 Å². The van der Waals surface area contributed by atoms with Crippen molar-refractivity contribution in [2.45, 2.75) is 38.0 Å². The summed E-state index contributed by atoms with van der Waals surface area (Å²) in [6, 6.07) is 5.08. The molecule has 2 aromatic heterocycles. The second-order valence-corrected chi connectivity index (χ2v) is 10.1. The van der Waals surface area contributed by atoms with Gasteiger partial charge >= 0.3 is 0 Å². The molecule has 3 aromatic rings. The quantitative estimate of drug-likeness (QED) is 0.611. The second kappa shape index (κ2) is 7.61. The number of nitrogens with zero attached hydrogens (tertiary/aromatic N) is 5. The summed E-state index contributed by atoms with van der Waals surface area (Å²) in [7, 11) is 0. The van der Waals surface area contributed by atoms with Gasteiger partial charge in [0.15, 0.2) is 16.5 Å². The zero-order valence-corrected chi connectivity index (χ0v) is 18.9. The number of aromatic hydroxyl groups is 1. The molecule has 0 spiro atoms. The molecular weight excluding hydrogens is 469 g/mol. The van der Waals surface area contributed by atoms with Crippen LogP contribution in [0, 0.1) is 5.82 Å². The van der Waals surface area contributed by atoms with Crippen LogP contribution in [0.5, 0.6) is 5.75 Å². The van der Waals surface area contributed by atoms with Crippen LogP contribution in [-0.4, -0.2) is 60.9 Å². The van der Waals surface area contributed by atoms with Crippen LogP contribution in [0.3, 0.4) is 0 Å². The maximum atomic E-state index is 14.3. The summed E-state index contributed by atoms with van der Waals surface area (Å²) < 4.78 is 15.9. The van der Waals surface area contributed by atoms with Crippen molar-refractivity contribution < 1.29 is 14.3 Å². The highest BCUT2D eigenvalue weighted by Gasteiger charge is 2.48. The molecule has 5 heterocycles. The van der Waals surface area contributed by atoms with Gasteiger partial charge in [-0.2, -0.15) is 0 Å². The first-order valence-electron chi connectivity index (χ1n) is 10.7. The monoisotopic (exact) mass is 487 g/mol. The number of halogens is 2. The van der Waals surface area contributed by atoms with E-state index >= 15 is 0 Å². The topological polar surface area (TPSA) is 91.6 Å². The van der Waals surface area contributed by atoms with Crippen LogP contribution in [0.4, 0.5) is 4.39 Å². The Morgan fingerprint density at radius 2 is 2.09 bits per heavy atom. The average Bonchev–Trinajstić information content (AvgIpc) is 3.51. The van der Waals surface area contributed by atoms with E-state index in [0.29, 0.717) is 34.7 Å². The molecule has 2 saturated heterocycles. The molecule has 0 aliphatic carbocycles. The van der Waals surface area contributed by atoms with Crippen molar-refractivity contribution in [1.82, 2.24) is 24.6 Å². The molecule has 8 nitrogen and oxygen atoms in total. The summed E-state index contributed by atoms with van der Waals surface area (Å²) in [5.41, 5.74) is -0.0950. The molecule has 3 aliphatic rings. The third-order valence-electron chi connectivity index (χ3n) is 6.72. The predicted octanol–water partition coefficient (Wildman–Crippen LogP) is 2.72. The lowest BCUT2D eigenvalue weighted by Crippen LogP contribution is -2.50. The first-order chi connectivity index (χ1) is 15.9. The molecule has 2 atom stereocenters. The number of carbonyl (C=O) groups excluding carboxylic acids is 1. The summed E-state index contributed by atoms with van der Waals surface area (Å²) in [6.07, 6.45) is 3.83. The van der Waals surface area contributed by atoms with Crippen molar-refractivity contribution in [2.24, 2.45) is 0 Å². The van der Waals surface area contributed by atoms with E-state index in [4.69, 9.17) is 11.6 Å². The number of rotatable bonds is 3. The molecule has 6 rings (SSSR count). The Bertz CT molecular complexity index is 1360. The highest BCUT2D eigenvalue weighted by atomic mass is 35.5. The van der Waals surface area contributed by atoms with Crippen molar-refractivity contribution in [1.29, 1.82) is 0 Å². The normalized spacial score (nSPS) is 21.9. The van der Waals surface area contributed by atoms with Gasteiger partial charge < -0.3 is 14.6 Å². The van der Waals surface area contributed by atoms with E-state index in [9.17, 15) is 19.1 Å². The average molecular weight is 488 g/mol. The number of benzene rings is 1. The fourth-order valence-corrected chi connectivity index (χ4v) is 6.22. The molecule has 1 N–H and O–H groups in total. The van der Waals surface area contributed by atoms with Crippen LogP contribution < -0.4 is 5.43 Å². The van der Waals surface area contributed by atoms with Gasteiger partial charge in [0.2, 0.25) is 5.43 Å². The summed E-state index contributed by atoms with van der Waals surface area (Å²) in [5, 5.41) is 19.7. The van der Waals surface area contributed by atoms with Crippen LogP contribution in [0.1, 0.15) is 33.9 Å². The fourth-order valence-electron chi connectivity index (χ4n) is 5.16. The lowest BCUT2D eigenvalue weighted by Gasteiger charge is -2.35. The van der Waals surface area contributed by atoms with E-state index in [1.807, 2.05) is 0 Å². The maximum Gasteiger partial charge on any atom is 0.275 e. The number of aromatic nitrogens is 3. The molecule has 1 amide bonds. The minimum atomic E-state index is -0.663. The summed E-state index contributed by atoms with van der Waals surface area (Å²) >= 11 is 7.00.